The molecule has 4 rings (SSSR count). The SMILES string of the molecule is C[C@@H]1CN(c2ccnn3cc(Br)cc23)C(=O)[C@]1(C#N)C1CC1. The fourth-order valence-corrected chi connectivity index (χ4v) is 4.11. The van der Waals surface area contributed by atoms with Crippen molar-refractivity contribution in [3.63, 3.8) is 0 Å². The van der Waals surface area contributed by atoms with Gasteiger partial charge in [-0.15, -0.1) is 0 Å². The summed E-state index contributed by atoms with van der Waals surface area (Å²) in [6.07, 6.45) is 5.53. The topological polar surface area (TPSA) is 61.4 Å². The van der Waals surface area contributed by atoms with E-state index in [1.54, 1.807) is 15.6 Å². The van der Waals surface area contributed by atoms with E-state index < -0.39 is 5.41 Å². The van der Waals surface area contributed by atoms with E-state index in [1.807, 2.05) is 25.3 Å². The highest BCUT2D eigenvalue weighted by atomic mass is 79.9. The number of carbonyl (C=O) groups excluding carboxylic acids is 1. The molecule has 0 unspecified atom stereocenters. The molecular formula is C16H15BrN4O. The van der Waals surface area contributed by atoms with E-state index in [2.05, 4.69) is 27.1 Å². The van der Waals surface area contributed by atoms with Crippen molar-refractivity contribution < 1.29 is 4.79 Å². The van der Waals surface area contributed by atoms with Gasteiger partial charge in [-0.25, -0.2) is 4.52 Å². The Morgan fingerprint density at radius 2 is 2.27 bits per heavy atom. The van der Waals surface area contributed by atoms with Crippen LogP contribution in [0.4, 0.5) is 5.69 Å². The fraction of sp³-hybridized carbons (Fsp3) is 0.438. The lowest BCUT2D eigenvalue weighted by molar-refractivity contribution is -0.124. The van der Waals surface area contributed by atoms with E-state index in [1.165, 1.54) is 0 Å². The highest BCUT2D eigenvalue weighted by molar-refractivity contribution is 9.10. The van der Waals surface area contributed by atoms with E-state index >= 15 is 0 Å². The molecule has 2 atom stereocenters. The maximum absolute atomic E-state index is 13.1. The monoisotopic (exact) mass is 358 g/mol. The van der Waals surface area contributed by atoms with Gasteiger partial charge in [-0.1, -0.05) is 6.92 Å². The molecule has 5 nitrogen and oxygen atoms in total. The Balaban J connectivity index is 1.83. The molecule has 0 radical (unpaired) electrons. The summed E-state index contributed by atoms with van der Waals surface area (Å²) in [4.78, 5) is 14.8. The first-order valence-electron chi connectivity index (χ1n) is 7.44. The van der Waals surface area contributed by atoms with Crippen LogP contribution in [0.3, 0.4) is 0 Å². The minimum atomic E-state index is -0.843. The van der Waals surface area contributed by atoms with Crippen molar-refractivity contribution in [2.75, 3.05) is 11.4 Å². The first-order valence-corrected chi connectivity index (χ1v) is 8.23. The summed E-state index contributed by atoms with van der Waals surface area (Å²) < 4.78 is 2.67. The molecule has 0 spiro atoms. The van der Waals surface area contributed by atoms with Crippen LogP contribution in [0.1, 0.15) is 19.8 Å². The normalized spacial score (nSPS) is 28.3. The van der Waals surface area contributed by atoms with Crippen molar-refractivity contribution in [2.45, 2.75) is 19.8 Å². The third-order valence-electron chi connectivity index (χ3n) is 4.98. The van der Waals surface area contributed by atoms with Crippen LogP contribution < -0.4 is 4.90 Å². The van der Waals surface area contributed by atoms with Gasteiger partial charge in [-0.05, 0) is 46.8 Å². The summed E-state index contributed by atoms with van der Waals surface area (Å²) in [5.74, 6) is 0.223. The van der Waals surface area contributed by atoms with Crippen LogP contribution in [0.5, 0.6) is 0 Å². The van der Waals surface area contributed by atoms with Crippen molar-refractivity contribution in [3.05, 3.63) is 29.0 Å². The molecule has 1 amide bonds. The Kier molecular flexibility index (Phi) is 2.85. The number of halogens is 1. The molecule has 1 aliphatic carbocycles. The molecule has 22 heavy (non-hydrogen) atoms. The van der Waals surface area contributed by atoms with Crippen LogP contribution >= 0.6 is 15.9 Å². The van der Waals surface area contributed by atoms with Gasteiger partial charge in [0.25, 0.3) is 0 Å². The van der Waals surface area contributed by atoms with Crippen LogP contribution in [-0.2, 0) is 4.79 Å². The van der Waals surface area contributed by atoms with Gasteiger partial charge in [-0.2, -0.15) is 10.4 Å². The van der Waals surface area contributed by atoms with Gasteiger partial charge in [0.05, 0.1) is 17.3 Å². The number of nitrogens with zero attached hydrogens (tertiary/aromatic N) is 4. The summed E-state index contributed by atoms with van der Waals surface area (Å²) in [6, 6.07) is 6.17. The lowest BCUT2D eigenvalue weighted by Gasteiger charge is -2.23. The van der Waals surface area contributed by atoms with E-state index in [9.17, 15) is 10.1 Å². The summed E-state index contributed by atoms with van der Waals surface area (Å²) in [5, 5.41) is 14.0. The van der Waals surface area contributed by atoms with Crippen LogP contribution in [-0.4, -0.2) is 22.1 Å². The van der Waals surface area contributed by atoms with Gasteiger partial charge in [0, 0.05) is 29.3 Å². The first-order chi connectivity index (χ1) is 10.6. The molecule has 1 saturated heterocycles. The summed E-state index contributed by atoms with van der Waals surface area (Å²) in [5.41, 5.74) is 0.860. The summed E-state index contributed by atoms with van der Waals surface area (Å²) in [6.45, 7) is 2.61. The molecule has 0 N–H and O–H groups in total. The largest absolute Gasteiger partial charge is 0.309 e. The predicted molar refractivity (Wildman–Crippen MR) is 85.2 cm³/mol. The standard InChI is InChI=1S/C16H15BrN4O/c1-10-7-20(15(22)16(10,9-18)11-2-3-11)13-4-5-19-21-8-12(17)6-14(13)21/h4-6,8,10-11H,2-3,7H2,1H3/t10-,16+/m1/s1. The van der Waals surface area contributed by atoms with Crippen molar-refractivity contribution in [1.82, 2.24) is 9.61 Å². The van der Waals surface area contributed by atoms with Crippen molar-refractivity contribution in [1.29, 1.82) is 5.26 Å². The Labute approximate surface area is 136 Å². The number of anilines is 1. The second-order valence-corrected chi connectivity index (χ2v) is 7.19. The zero-order chi connectivity index (χ0) is 15.5. The second-order valence-electron chi connectivity index (χ2n) is 6.28. The van der Waals surface area contributed by atoms with E-state index in [0.29, 0.717) is 6.54 Å². The Hall–Kier alpha value is -1.87. The molecule has 2 aromatic rings. The number of fused-ring (bicyclic) bond motifs is 1. The van der Waals surface area contributed by atoms with Gasteiger partial charge in [0.2, 0.25) is 5.91 Å². The smallest absolute Gasteiger partial charge is 0.248 e. The fourth-order valence-electron chi connectivity index (χ4n) is 3.70. The predicted octanol–water partition coefficient (Wildman–Crippen LogP) is 3.00. The Bertz CT molecular complexity index is 819. The molecule has 0 aromatic carbocycles. The zero-order valence-corrected chi connectivity index (χ0v) is 13.7. The maximum Gasteiger partial charge on any atom is 0.248 e. The van der Waals surface area contributed by atoms with Gasteiger partial charge in [0.15, 0.2) is 0 Å². The van der Waals surface area contributed by atoms with E-state index in [0.717, 1.165) is 28.5 Å². The van der Waals surface area contributed by atoms with Crippen LogP contribution in [0.15, 0.2) is 29.0 Å². The maximum atomic E-state index is 13.1. The van der Waals surface area contributed by atoms with Gasteiger partial charge < -0.3 is 4.90 Å². The second kappa shape index (κ2) is 4.56. The molecule has 3 heterocycles. The van der Waals surface area contributed by atoms with Gasteiger partial charge in [-0.3, -0.25) is 4.79 Å². The molecule has 6 heteroatoms. The minimum absolute atomic E-state index is 0.0455. The van der Waals surface area contributed by atoms with E-state index in [4.69, 9.17) is 0 Å². The van der Waals surface area contributed by atoms with Crippen LogP contribution in [0.25, 0.3) is 5.52 Å². The first kappa shape index (κ1) is 13.8. The quantitative estimate of drug-likeness (QED) is 0.828. The number of aromatic nitrogens is 2. The molecule has 2 aliphatic rings. The van der Waals surface area contributed by atoms with Gasteiger partial charge in [0.1, 0.15) is 5.41 Å². The van der Waals surface area contributed by atoms with Crippen LogP contribution in [0.2, 0.25) is 0 Å². The Morgan fingerprint density at radius 1 is 1.50 bits per heavy atom. The lowest BCUT2D eigenvalue weighted by atomic mass is 9.75. The minimum Gasteiger partial charge on any atom is -0.309 e. The van der Waals surface area contributed by atoms with Crippen molar-refractivity contribution in [3.8, 4) is 6.07 Å². The van der Waals surface area contributed by atoms with Crippen molar-refractivity contribution >= 4 is 33.0 Å². The lowest BCUT2D eigenvalue weighted by Crippen LogP contribution is -2.37. The summed E-state index contributed by atoms with van der Waals surface area (Å²) in [7, 11) is 0. The number of carbonyl (C=O) groups is 1. The molecule has 2 aromatic heterocycles. The molecule has 1 aliphatic heterocycles. The van der Waals surface area contributed by atoms with Crippen molar-refractivity contribution in [2.24, 2.45) is 17.3 Å². The average Bonchev–Trinajstić information content (AvgIpc) is 3.21. The highest BCUT2D eigenvalue weighted by Crippen LogP contribution is 2.54. The highest BCUT2D eigenvalue weighted by Gasteiger charge is 2.61. The number of nitriles is 1. The third kappa shape index (κ3) is 1.69. The van der Waals surface area contributed by atoms with E-state index in [-0.39, 0.29) is 17.7 Å². The molecule has 2 fully saturated rings. The number of rotatable bonds is 2. The molecular weight excluding hydrogens is 344 g/mol. The van der Waals surface area contributed by atoms with Gasteiger partial charge >= 0.3 is 0 Å². The number of amides is 1. The third-order valence-corrected chi connectivity index (χ3v) is 5.42. The Morgan fingerprint density at radius 3 is 2.95 bits per heavy atom. The molecule has 112 valence electrons. The zero-order valence-electron chi connectivity index (χ0n) is 12.2. The van der Waals surface area contributed by atoms with Crippen LogP contribution in [0, 0.1) is 28.6 Å². The molecule has 0 bridgehead atoms. The summed E-state index contributed by atoms with van der Waals surface area (Å²) >= 11 is 3.45. The number of hydrogen-bond donors (Lipinski definition) is 0. The molecule has 1 saturated carbocycles. The number of hydrogen-bond acceptors (Lipinski definition) is 3. The average molecular weight is 359 g/mol.